The van der Waals surface area contributed by atoms with Crippen molar-refractivity contribution < 1.29 is 19.7 Å². The van der Waals surface area contributed by atoms with Crippen LogP contribution in [0.25, 0.3) is 23.0 Å². The van der Waals surface area contributed by atoms with Crippen molar-refractivity contribution in [3.8, 4) is 28.4 Å². The molecule has 4 rings (SSSR count). The van der Waals surface area contributed by atoms with Gasteiger partial charge in [0, 0.05) is 33.7 Å². The Bertz CT molecular complexity index is 1140. The van der Waals surface area contributed by atoms with Crippen LogP contribution in [-0.2, 0) is 6.61 Å². The lowest BCUT2D eigenvalue weighted by atomic mass is 9.97. The van der Waals surface area contributed by atoms with Gasteiger partial charge in [0.15, 0.2) is 6.23 Å². The molecule has 1 aliphatic heterocycles. The van der Waals surface area contributed by atoms with Gasteiger partial charge in [-0.25, -0.2) is 4.68 Å². The fourth-order valence-electron chi connectivity index (χ4n) is 3.79. The summed E-state index contributed by atoms with van der Waals surface area (Å²) in [6.45, 7) is 7.87. The number of rotatable bonds is 7. The van der Waals surface area contributed by atoms with Crippen LogP contribution in [0.1, 0.15) is 50.7 Å². The molecular formula is C24H29N3O4S. The van der Waals surface area contributed by atoms with E-state index in [2.05, 4.69) is 11.4 Å². The Labute approximate surface area is 191 Å². The second-order valence-electron chi connectivity index (χ2n) is 8.80. The Morgan fingerprint density at radius 2 is 2.19 bits per heavy atom. The van der Waals surface area contributed by atoms with Gasteiger partial charge >= 0.3 is 0 Å². The summed E-state index contributed by atoms with van der Waals surface area (Å²) in [6.07, 6.45) is 1.01. The van der Waals surface area contributed by atoms with Crippen LogP contribution in [0.5, 0.6) is 11.5 Å². The second kappa shape index (κ2) is 8.71. The van der Waals surface area contributed by atoms with Crippen LogP contribution in [-0.4, -0.2) is 39.2 Å². The average molecular weight is 456 g/mol. The van der Waals surface area contributed by atoms with E-state index in [0.29, 0.717) is 11.4 Å². The van der Waals surface area contributed by atoms with Gasteiger partial charge in [-0.2, -0.15) is 16.4 Å². The summed E-state index contributed by atoms with van der Waals surface area (Å²) in [5.41, 5.74) is 5.41. The maximum absolute atomic E-state index is 11.0. The van der Waals surface area contributed by atoms with E-state index >= 15 is 0 Å². The predicted molar refractivity (Wildman–Crippen MR) is 126 cm³/mol. The fraction of sp³-hybridized carbons (Fsp3) is 0.375. The lowest BCUT2D eigenvalue weighted by Gasteiger charge is -2.27. The first kappa shape index (κ1) is 22.5. The zero-order valence-corrected chi connectivity index (χ0v) is 19.8. The van der Waals surface area contributed by atoms with Crippen LogP contribution < -0.4 is 14.8 Å². The molecule has 0 fully saturated rings. The second-order valence-corrected chi connectivity index (χ2v) is 9.58. The van der Waals surface area contributed by atoms with Crippen molar-refractivity contribution in [3.63, 3.8) is 0 Å². The number of ether oxygens (including phenoxy) is 2. The third-order valence-electron chi connectivity index (χ3n) is 5.35. The van der Waals surface area contributed by atoms with Gasteiger partial charge in [-0.05, 0) is 45.2 Å². The van der Waals surface area contributed by atoms with Crippen molar-refractivity contribution in [2.24, 2.45) is 0 Å². The van der Waals surface area contributed by atoms with Crippen LogP contribution in [0.2, 0.25) is 0 Å². The lowest BCUT2D eigenvalue weighted by molar-refractivity contribution is 0.0694. The van der Waals surface area contributed by atoms with E-state index in [1.54, 1.807) is 18.4 Å². The van der Waals surface area contributed by atoms with Crippen molar-refractivity contribution in [1.29, 1.82) is 0 Å². The largest absolute Gasteiger partial charge is 0.496 e. The molecule has 0 saturated carbocycles. The molecule has 1 atom stereocenters. The van der Waals surface area contributed by atoms with Crippen LogP contribution in [0, 0.1) is 0 Å². The summed E-state index contributed by atoms with van der Waals surface area (Å²) in [5.74, 6) is 1.45. The molecule has 3 N–H and O–H groups in total. The van der Waals surface area contributed by atoms with E-state index in [1.807, 2.05) is 61.3 Å². The number of aliphatic hydroxyl groups excluding tert-OH is 2. The number of allylic oxidation sites excluding steroid dienone is 1. The minimum absolute atomic E-state index is 0.122. The highest BCUT2D eigenvalue weighted by Gasteiger charge is 2.32. The number of aliphatic hydroxyl groups is 2. The van der Waals surface area contributed by atoms with Gasteiger partial charge in [-0.3, -0.25) is 5.32 Å². The minimum Gasteiger partial charge on any atom is -0.496 e. The maximum Gasteiger partial charge on any atom is 0.150 e. The topological polar surface area (TPSA) is 88.8 Å². The maximum atomic E-state index is 11.0. The summed E-state index contributed by atoms with van der Waals surface area (Å²) < 4.78 is 13.5. The Balaban J connectivity index is 1.92. The van der Waals surface area contributed by atoms with Gasteiger partial charge < -0.3 is 19.7 Å². The fourth-order valence-corrected chi connectivity index (χ4v) is 4.40. The average Bonchev–Trinajstić information content (AvgIpc) is 3.40. The first-order valence-corrected chi connectivity index (χ1v) is 11.4. The number of fused-ring (bicyclic) bond motifs is 3. The first-order chi connectivity index (χ1) is 15.2. The van der Waals surface area contributed by atoms with Gasteiger partial charge in [0.05, 0.1) is 25.1 Å². The summed E-state index contributed by atoms with van der Waals surface area (Å²) in [6, 6.07) is 5.95. The molecular weight excluding hydrogens is 426 g/mol. The molecule has 3 heterocycles. The van der Waals surface area contributed by atoms with Gasteiger partial charge in [-0.1, -0.05) is 11.6 Å². The SMILES string of the molecule is COc1cc2c(cc1C=C(C)C)-c1c(c(C(O)NC(C)(C)CO)nn1-c1ccsc1)CO2. The van der Waals surface area contributed by atoms with Gasteiger partial charge in [0.2, 0.25) is 0 Å². The number of hydrogen-bond donors (Lipinski definition) is 3. The van der Waals surface area contributed by atoms with Crippen LogP contribution in [0.15, 0.2) is 34.5 Å². The number of aromatic nitrogens is 2. The molecule has 0 radical (unpaired) electrons. The number of methoxy groups -OCH3 is 1. The summed E-state index contributed by atoms with van der Waals surface area (Å²) in [5, 5.41) is 32.5. The molecule has 8 heteroatoms. The molecule has 0 saturated heterocycles. The molecule has 1 unspecified atom stereocenters. The van der Waals surface area contributed by atoms with Crippen LogP contribution in [0.4, 0.5) is 0 Å². The van der Waals surface area contributed by atoms with Crippen molar-refractivity contribution in [2.75, 3.05) is 13.7 Å². The predicted octanol–water partition coefficient (Wildman–Crippen LogP) is 4.28. The Morgan fingerprint density at radius 3 is 2.81 bits per heavy atom. The van der Waals surface area contributed by atoms with Gasteiger partial charge in [0.25, 0.3) is 0 Å². The van der Waals surface area contributed by atoms with Gasteiger partial charge in [0.1, 0.15) is 23.8 Å². The Morgan fingerprint density at radius 1 is 1.41 bits per heavy atom. The number of benzene rings is 1. The lowest BCUT2D eigenvalue weighted by Crippen LogP contribution is -2.45. The quantitative estimate of drug-likeness (QED) is 0.461. The van der Waals surface area contributed by atoms with Crippen molar-refractivity contribution in [2.45, 2.75) is 46.1 Å². The minimum atomic E-state index is -1.06. The molecule has 0 spiro atoms. The van der Waals surface area contributed by atoms with Crippen molar-refractivity contribution in [3.05, 3.63) is 51.4 Å². The summed E-state index contributed by atoms with van der Waals surface area (Å²) in [7, 11) is 1.65. The molecule has 0 aliphatic carbocycles. The van der Waals surface area contributed by atoms with E-state index < -0.39 is 11.8 Å². The van der Waals surface area contributed by atoms with Crippen LogP contribution in [0.3, 0.4) is 0 Å². The summed E-state index contributed by atoms with van der Waals surface area (Å²) in [4.78, 5) is 0. The smallest absolute Gasteiger partial charge is 0.150 e. The van der Waals surface area contributed by atoms with Gasteiger partial charge in [-0.15, -0.1) is 0 Å². The van der Waals surface area contributed by atoms with E-state index in [4.69, 9.17) is 14.6 Å². The van der Waals surface area contributed by atoms with E-state index in [-0.39, 0.29) is 13.2 Å². The standard InChI is InChI=1S/C24H29N3O4S/c1-14(2)8-15-9-17-20(10-19(15)30-5)31-11-18-21(23(29)25-24(3,4)13-28)26-27(22(17)18)16-6-7-32-12-16/h6-10,12,23,25,28-29H,11,13H2,1-5H3. The van der Waals surface area contributed by atoms with Crippen molar-refractivity contribution >= 4 is 17.4 Å². The number of nitrogens with one attached hydrogen (secondary N) is 1. The molecule has 3 aromatic rings. The molecule has 1 aliphatic rings. The zero-order chi connectivity index (χ0) is 23.0. The number of nitrogens with zero attached hydrogens (tertiary/aromatic N) is 2. The van der Waals surface area contributed by atoms with Crippen LogP contribution >= 0.6 is 11.3 Å². The molecule has 0 bridgehead atoms. The molecule has 1 aromatic carbocycles. The third kappa shape index (κ3) is 4.19. The summed E-state index contributed by atoms with van der Waals surface area (Å²) >= 11 is 1.58. The van der Waals surface area contributed by atoms with Crippen molar-refractivity contribution in [1.82, 2.24) is 15.1 Å². The van der Waals surface area contributed by atoms with E-state index in [0.717, 1.165) is 39.4 Å². The van der Waals surface area contributed by atoms with E-state index in [1.165, 1.54) is 0 Å². The normalized spacial score (nSPS) is 13.7. The Hall–Kier alpha value is -2.65. The first-order valence-electron chi connectivity index (χ1n) is 10.4. The number of hydrogen-bond acceptors (Lipinski definition) is 7. The third-order valence-corrected chi connectivity index (χ3v) is 6.02. The zero-order valence-electron chi connectivity index (χ0n) is 19.0. The highest BCUT2D eigenvalue weighted by Crippen LogP contribution is 2.44. The highest BCUT2D eigenvalue weighted by atomic mass is 32.1. The molecule has 0 amide bonds. The Kier molecular flexibility index (Phi) is 6.13. The number of thiophene rings is 1. The molecule has 32 heavy (non-hydrogen) atoms. The monoisotopic (exact) mass is 455 g/mol. The molecule has 7 nitrogen and oxygen atoms in total. The molecule has 170 valence electrons. The van der Waals surface area contributed by atoms with E-state index in [9.17, 15) is 10.2 Å². The highest BCUT2D eigenvalue weighted by molar-refractivity contribution is 7.08. The molecule has 2 aromatic heterocycles.